The molecule has 3 rings (SSSR count). The Kier molecular flexibility index (Phi) is 7.31. The maximum Gasteiger partial charge on any atom is 0.289 e. The number of rotatable bonds is 8. The molecule has 1 heterocycles. The van der Waals surface area contributed by atoms with Gasteiger partial charge in [-0.05, 0) is 54.4 Å². The predicted octanol–water partition coefficient (Wildman–Crippen LogP) is 3.18. The van der Waals surface area contributed by atoms with Crippen molar-refractivity contribution in [2.75, 3.05) is 19.0 Å². The van der Waals surface area contributed by atoms with Crippen molar-refractivity contribution < 1.29 is 19.1 Å². The van der Waals surface area contributed by atoms with Crippen LogP contribution in [0.3, 0.4) is 0 Å². The maximum atomic E-state index is 12.2. The molecule has 8 nitrogen and oxygen atoms in total. The molecule has 0 spiro atoms. The van der Waals surface area contributed by atoms with Crippen LogP contribution in [0.4, 0.5) is 5.69 Å². The predicted molar refractivity (Wildman–Crippen MR) is 118 cm³/mol. The van der Waals surface area contributed by atoms with Gasteiger partial charge in [0, 0.05) is 11.9 Å². The maximum absolute atomic E-state index is 12.2. The summed E-state index contributed by atoms with van der Waals surface area (Å²) >= 11 is 0. The molecule has 158 valence electrons. The Bertz CT molecular complexity index is 1080. The molecule has 0 aliphatic carbocycles. The van der Waals surface area contributed by atoms with Crippen LogP contribution in [0.2, 0.25) is 0 Å². The average molecular weight is 418 g/mol. The highest BCUT2D eigenvalue weighted by Crippen LogP contribution is 2.27. The van der Waals surface area contributed by atoms with E-state index in [2.05, 4.69) is 20.8 Å². The van der Waals surface area contributed by atoms with Crippen LogP contribution in [-0.2, 0) is 4.79 Å². The number of amides is 2. The standard InChI is InChI=1S/C23H22N4O4/c1-16-7-3-4-8-18(16)26-22(28)15-31-20-11-10-17(13-21(20)30-2)14-25-27-23(29)19-9-5-6-12-24-19/h3-14H,15H2,1-2H3,(H,26,28)(H,27,29)/b25-14+. The van der Waals surface area contributed by atoms with Gasteiger partial charge in [0.2, 0.25) is 0 Å². The van der Waals surface area contributed by atoms with Gasteiger partial charge in [-0.1, -0.05) is 24.3 Å². The normalized spacial score (nSPS) is 10.5. The summed E-state index contributed by atoms with van der Waals surface area (Å²) in [7, 11) is 1.50. The first-order valence-electron chi connectivity index (χ1n) is 9.47. The number of methoxy groups -OCH3 is 1. The largest absolute Gasteiger partial charge is 0.493 e. The molecule has 2 amide bonds. The van der Waals surface area contributed by atoms with Crippen molar-refractivity contribution in [2.45, 2.75) is 6.92 Å². The minimum atomic E-state index is -0.413. The first kappa shape index (κ1) is 21.5. The second kappa shape index (κ2) is 10.5. The van der Waals surface area contributed by atoms with E-state index in [0.29, 0.717) is 17.1 Å². The number of hydrogen-bond donors (Lipinski definition) is 2. The Balaban J connectivity index is 1.57. The van der Waals surface area contributed by atoms with E-state index >= 15 is 0 Å². The number of hydrogen-bond acceptors (Lipinski definition) is 6. The van der Waals surface area contributed by atoms with Gasteiger partial charge in [0.1, 0.15) is 5.69 Å². The molecule has 2 N–H and O–H groups in total. The van der Waals surface area contributed by atoms with Gasteiger partial charge in [-0.15, -0.1) is 0 Å². The molecular formula is C23H22N4O4. The number of para-hydroxylation sites is 1. The van der Waals surface area contributed by atoms with Gasteiger partial charge in [0.05, 0.1) is 13.3 Å². The number of nitrogens with zero attached hydrogens (tertiary/aromatic N) is 2. The first-order chi connectivity index (χ1) is 15.1. The lowest BCUT2D eigenvalue weighted by molar-refractivity contribution is -0.118. The average Bonchev–Trinajstić information content (AvgIpc) is 2.80. The zero-order chi connectivity index (χ0) is 22.1. The minimum absolute atomic E-state index is 0.168. The van der Waals surface area contributed by atoms with Crippen LogP contribution in [-0.4, -0.2) is 36.7 Å². The van der Waals surface area contributed by atoms with Crippen molar-refractivity contribution in [1.82, 2.24) is 10.4 Å². The number of anilines is 1. The summed E-state index contributed by atoms with van der Waals surface area (Å²) in [5, 5.41) is 6.74. The number of pyridine rings is 1. The highest BCUT2D eigenvalue weighted by atomic mass is 16.5. The van der Waals surface area contributed by atoms with E-state index in [-0.39, 0.29) is 18.2 Å². The number of carbonyl (C=O) groups is 2. The Hall–Kier alpha value is -4.20. The van der Waals surface area contributed by atoms with Crippen molar-refractivity contribution in [3.63, 3.8) is 0 Å². The van der Waals surface area contributed by atoms with Crippen molar-refractivity contribution >= 4 is 23.7 Å². The van der Waals surface area contributed by atoms with Crippen LogP contribution in [0.1, 0.15) is 21.6 Å². The quantitative estimate of drug-likeness (QED) is 0.432. The third kappa shape index (κ3) is 6.14. The van der Waals surface area contributed by atoms with E-state index in [4.69, 9.17) is 9.47 Å². The monoisotopic (exact) mass is 418 g/mol. The smallest absolute Gasteiger partial charge is 0.289 e. The molecule has 0 fully saturated rings. The first-order valence-corrected chi connectivity index (χ1v) is 9.47. The molecule has 31 heavy (non-hydrogen) atoms. The summed E-state index contributed by atoms with van der Waals surface area (Å²) in [5.41, 5.74) is 5.06. The molecule has 0 bridgehead atoms. The van der Waals surface area contributed by atoms with E-state index in [0.717, 1.165) is 11.3 Å². The molecule has 0 aliphatic rings. The lowest BCUT2D eigenvalue weighted by Crippen LogP contribution is -2.20. The number of aromatic nitrogens is 1. The van der Waals surface area contributed by atoms with Gasteiger partial charge in [0.25, 0.3) is 11.8 Å². The molecule has 2 aromatic carbocycles. The Labute approximate surface area is 179 Å². The van der Waals surface area contributed by atoms with E-state index in [1.165, 1.54) is 19.5 Å². The van der Waals surface area contributed by atoms with Crippen molar-refractivity contribution in [3.05, 3.63) is 83.7 Å². The van der Waals surface area contributed by atoms with Crippen molar-refractivity contribution in [2.24, 2.45) is 5.10 Å². The van der Waals surface area contributed by atoms with Crippen molar-refractivity contribution in [3.8, 4) is 11.5 Å². The molecular weight excluding hydrogens is 396 g/mol. The Morgan fingerprint density at radius 2 is 1.87 bits per heavy atom. The summed E-state index contributed by atoms with van der Waals surface area (Å²) in [6.45, 7) is 1.75. The summed E-state index contributed by atoms with van der Waals surface area (Å²) in [4.78, 5) is 28.1. The van der Waals surface area contributed by atoms with Gasteiger partial charge in [-0.3, -0.25) is 14.6 Å². The van der Waals surface area contributed by atoms with Crippen LogP contribution in [0.25, 0.3) is 0 Å². The van der Waals surface area contributed by atoms with E-state index in [1.807, 2.05) is 31.2 Å². The summed E-state index contributed by atoms with van der Waals surface area (Å²) in [5.74, 6) is 0.156. The SMILES string of the molecule is COc1cc(/C=N/NC(=O)c2ccccn2)ccc1OCC(=O)Nc1ccccc1C. The van der Waals surface area contributed by atoms with Gasteiger partial charge < -0.3 is 14.8 Å². The fourth-order valence-corrected chi connectivity index (χ4v) is 2.65. The Morgan fingerprint density at radius 3 is 2.61 bits per heavy atom. The number of hydrazone groups is 1. The van der Waals surface area contributed by atoms with Crippen LogP contribution >= 0.6 is 0 Å². The van der Waals surface area contributed by atoms with Crippen LogP contribution in [0.5, 0.6) is 11.5 Å². The highest BCUT2D eigenvalue weighted by Gasteiger charge is 2.10. The lowest BCUT2D eigenvalue weighted by atomic mass is 10.2. The third-order valence-corrected chi connectivity index (χ3v) is 4.24. The van der Waals surface area contributed by atoms with Crippen LogP contribution < -0.4 is 20.2 Å². The molecule has 0 atom stereocenters. The number of nitrogens with one attached hydrogen (secondary N) is 2. The molecule has 8 heteroatoms. The van der Waals surface area contributed by atoms with Crippen LogP contribution in [0, 0.1) is 6.92 Å². The number of carbonyl (C=O) groups excluding carboxylic acids is 2. The Morgan fingerprint density at radius 1 is 1.06 bits per heavy atom. The zero-order valence-corrected chi connectivity index (χ0v) is 17.2. The number of aryl methyl sites for hydroxylation is 1. The molecule has 0 saturated heterocycles. The fourth-order valence-electron chi connectivity index (χ4n) is 2.65. The summed E-state index contributed by atoms with van der Waals surface area (Å²) in [6, 6.07) is 17.6. The van der Waals surface area contributed by atoms with Crippen molar-refractivity contribution in [1.29, 1.82) is 0 Å². The third-order valence-electron chi connectivity index (χ3n) is 4.24. The van der Waals surface area contributed by atoms with Gasteiger partial charge in [-0.2, -0.15) is 5.10 Å². The number of benzene rings is 2. The number of ether oxygens (including phenoxy) is 2. The summed E-state index contributed by atoms with van der Waals surface area (Å²) in [6.07, 6.45) is 3.00. The summed E-state index contributed by atoms with van der Waals surface area (Å²) < 4.78 is 10.9. The second-order valence-corrected chi connectivity index (χ2v) is 6.48. The molecule has 0 saturated carbocycles. The fraction of sp³-hybridized carbons (Fsp3) is 0.130. The molecule has 0 radical (unpaired) electrons. The highest BCUT2D eigenvalue weighted by molar-refractivity contribution is 5.93. The zero-order valence-electron chi connectivity index (χ0n) is 17.2. The lowest BCUT2D eigenvalue weighted by Gasteiger charge is -2.12. The molecule has 0 aliphatic heterocycles. The minimum Gasteiger partial charge on any atom is -0.493 e. The molecule has 1 aromatic heterocycles. The topological polar surface area (TPSA) is 102 Å². The van der Waals surface area contributed by atoms with E-state index < -0.39 is 5.91 Å². The van der Waals surface area contributed by atoms with E-state index in [9.17, 15) is 9.59 Å². The van der Waals surface area contributed by atoms with Crippen LogP contribution in [0.15, 0.2) is 72.0 Å². The van der Waals surface area contributed by atoms with Gasteiger partial charge in [-0.25, -0.2) is 5.43 Å². The van der Waals surface area contributed by atoms with Gasteiger partial charge >= 0.3 is 0 Å². The van der Waals surface area contributed by atoms with E-state index in [1.54, 1.807) is 36.4 Å². The molecule has 3 aromatic rings. The van der Waals surface area contributed by atoms with Gasteiger partial charge in [0.15, 0.2) is 18.1 Å². The second-order valence-electron chi connectivity index (χ2n) is 6.48. The molecule has 0 unspecified atom stereocenters.